The van der Waals surface area contributed by atoms with Gasteiger partial charge >= 0.3 is 0 Å². The maximum atomic E-state index is 9.95. The standard InChI is InChI=1S/C17H36O2/c1-4-5-6-7-8-9-10-11-12-13-15(2)17(19)16(3)14-18/h15-19H,4-14H2,1-3H3/t15-,16-,17+/m0/s1. The lowest BCUT2D eigenvalue weighted by atomic mass is 9.89. The molecule has 0 unspecified atom stereocenters. The van der Waals surface area contributed by atoms with Gasteiger partial charge in [0.25, 0.3) is 0 Å². The SMILES string of the molecule is CCCCCCCCCCC[C@H](C)[C@@H](O)[C@@H](C)CO. The summed E-state index contributed by atoms with van der Waals surface area (Å²) in [6.45, 7) is 6.36. The summed E-state index contributed by atoms with van der Waals surface area (Å²) >= 11 is 0. The first-order valence-corrected chi connectivity index (χ1v) is 8.42. The van der Waals surface area contributed by atoms with E-state index in [1.165, 1.54) is 57.8 Å². The Labute approximate surface area is 120 Å². The van der Waals surface area contributed by atoms with Gasteiger partial charge in [-0.3, -0.25) is 0 Å². The zero-order chi connectivity index (χ0) is 14.5. The van der Waals surface area contributed by atoms with Gasteiger partial charge in [-0.25, -0.2) is 0 Å². The molecule has 0 saturated carbocycles. The Morgan fingerprint density at radius 2 is 1.21 bits per heavy atom. The van der Waals surface area contributed by atoms with Crippen molar-refractivity contribution in [1.29, 1.82) is 0 Å². The molecule has 0 spiro atoms. The van der Waals surface area contributed by atoms with Crippen LogP contribution in [0.3, 0.4) is 0 Å². The molecule has 2 N–H and O–H groups in total. The van der Waals surface area contributed by atoms with E-state index in [2.05, 4.69) is 13.8 Å². The summed E-state index contributed by atoms with van der Waals surface area (Å²) in [4.78, 5) is 0. The molecule has 3 atom stereocenters. The van der Waals surface area contributed by atoms with Crippen LogP contribution in [0.15, 0.2) is 0 Å². The second-order valence-corrected chi connectivity index (χ2v) is 6.24. The summed E-state index contributed by atoms with van der Waals surface area (Å²) < 4.78 is 0. The maximum Gasteiger partial charge on any atom is 0.0613 e. The minimum Gasteiger partial charge on any atom is -0.396 e. The molecule has 0 saturated heterocycles. The van der Waals surface area contributed by atoms with Gasteiger partial charge in [0.15, 0.2) is 0 Å². The number of rotatable bonds is 13. The summed E-state index contributed by atoms with van der Waals surface area (Å²) in [5.41, 5.74) is 0. The predicted molar refractivity (Wildman–Crippen MR) is 83.3 cm³/mol. The normalized spacial score (nSPS) is 16.3. The minimum absolute atomic E-state index is 0.00793. The zero-order valence-corrected chi connectivity index (χ0v) is 13.4. The van der Waals surface area contributed by atoms with Crippen LogP contribution in [0, 0.1) is 11.8 Å². The van der Waals surface area contributed by atoms with Gasteiger partial charge in [-0.1, -0.05) is 78.6 Å². The van der Waals surface area contributed by atoms with Crippen molar-refractivity contribution >= 4 is 0 Å². The molecular weight excluding hydrogens is 236 g/mol. The first-order valence-electron chi connectivity index (χ1n) is 8.42. The van der Waals surface area contributed by atoms with Crippen LogP contribution in [0.1, 0.15) is 85.0 Å². The van der Waals surface area contributed by atoms with Crippen LogP contribution in [-0.2, 0) is 0 Å². The third-order valence-electron chi connectivity index (χ3n) is 4.22. The summed E-state index contributed by atoms with van der Waals surface area (Å²) in [6, 6.07) is 0. The number of unbranched alkanes of at least 4 members (excludes halogenated alkanes) is 8. The largest absolute Gasteiger partial charge is 0.396 e. The first kappa shape index (κ1) is 18.9. The van der Waals surface area contributed by atoms with Gasteiger partial charge in [-0.05, 0) is 12.3 Å². The Kier molecular flexibility index (Phi) is 12.9. The highest BCUT2D eigenvalue weighted by Crippen LogP contribution is 2.19. The molecule has 0 aliphatic heterocycles. The van der Waals surface area contributed by atoms with E-state index in [-0.39, 0.29) is 18.6 Å². The molecule has 2 nitrogen and oxygen atoms in total. The van der Waals surface area contributed by atoms with Crippen molar-refractivity contribution < 1.29 is 10.2 Å². The fourth-order valence-corrected chi connectivity index (χ4v) is 2.62. The number of hydrogen-bond acceptors (Lipinski definition) is 2. The van der Waals surface area contributed by atoms with E-state index in [0.717, 1.165) is 6.42 Å². The van der Waals surface area contributed by atoms with Gasteiger partial charge in [-0.15, -0.1) is 0 Å². The van der Waals surface area contributed by atoms with Crippen LogP contribution in [0.2, 0.25) is 0 Å². The van der Waals surface area contributed by atoms with Crippen molar-refractivity contribution in [3.8, 4) is 0 Å². The number of aliphatic hydroxyl groups excluding tert-OH is 2. The lowest BCUT2D eigenvalue weighted by Crippen LogP contribution is -2.27. The van der Waals surface area contributed by atoms with Gasteiger partial charge in [0.2, 0.25) is 0 Å². The highest BCUT2D eigenvalue weighted by atomic mass is 16.3. The molecule has 2 heteroatoms. The zero-order valence-electron chi connectivity index (χ0n) is 13.4. The average molecular weight is 272 g/mol. The second kappa shape index (κ2) is 12.9. The molecule has 0 bridgehead atoms. The molecule has 19 heavy (non-hydrogen) atoms. The van der Waals surface area contributed by atoms with Crippen molar-refractivity contribution in [3.05, 3.63) is 0 Å². The predicted octanol–water partition coefficient (Wildman–Crippen LogP) is 4.53. The Balaban J connectivity index is 3.34. The fraction of sp³-hybridized carbons (Fsp3) is 1.00. The van der Waals surface area contributed by atoms with Crippen molar-refractivity contribution in [2.45, 2.75) is 91.1 Å². The van der Waals surface area contributed by atoms with E-state index in [1.54, 1.807) is 0 Å². The Bertz CT molecular complexity index is 182. The van der Waals surface area contributed by atoms with Crippen molar-refractivity contribution in [3.63, 3.8) is 0 Å². The molecule has 0 amide bonds. The van der Waals surface area contributed by atoms with Gasteiger partial charge in [0.1, 0.15) is 0 Å². The second-order valence-electron chi connectivity index (χ2n) is 6.24. The van der Waals surface area contributed by atoms with Crippen molar-refractivity contribution in [1.82, 2.24) is 0 Å². The van der Waals surface area contributed by atoms with Crippen LogP contribution in [0.4, 0.5) is 0 Å². The summed E-state index contributed by atoms with van der Waals surface area (Å²) in [5, 5.41) is 19.0. The molecule has 0 rings (SSSR count). The lowest BCUT2D eigenvalue weighted by Gasteiger charge is -2.23. The van der Waals surface area contributed by atoms with E-state index < -0.39 is 0 Å². The molecule has 0 fully saturated rings. The third kappa shape index (κ3) is 10.4. The van der Waals surface area contributed by atoms with E-state index in [4.69, 9.17) is 5.11 Å². The molecular formula is C17H36O2. The molecule has 0 heterocycles. The Morgan fingerprint density at radius 1 is 0.737 bits per heavy atom. The van der Waals surface area contributed by atoms with Crippen molar-refractivity contribution in [2.75, 3.05) is 6.61 Å². The van der Waals surface area contributed by atoms with E-state index in [0.29, 0.717) is 5.92 Å². The molecule has 0 aliphatic carbocycles. The van der Waals surface area contributed by atoms with Crippen LogP contribution < -0.4 is 0 Å². The fourth-order valence-electron chi connectivity index (χ4n) is 2.62. The van der Waals surface area contributed by atoms with Gasteiger partial charge in [0.05, 0.1) is 6.10 Å². The van der Waals surface area contributed by atoms with Crippen molar-refractivity contribution in [2.24, 2.45) is 11.8 Å². The smallest absolute Gasteiger partial charge is 0.0613 e. The van der Waals surface area contributed by atoms with Gasteiger partial charge < -0.3 is 10.2 Å². The molecule has 116 valence electrons. The van der Waals surface area contributed by atoms with E-state index in [9.17, 15) is 5.11 Å². The van der Waals surface area contributed by atoms with Gasteiger partial charge in [-0.2, -0.15) is 0 Å². The maximum absolute atomic E-state index is 9.95. The highest BCUT2D eigenvalue weighted by Gasteiger charge is 2.19. The minimum atomic E-state index is -0.348. The van der Waals surface area contributed by atoms with Gasteiger partial charge in [0, 0.05) is 12.5 Å². The molecule has 0 aromatic rings. The summed E-state index contributed by atoms with van der Waals surface area (Å²) in [5.74, 6) is 0.320. The lowest BCUT2D eigenvalue weighted by molar-refractivity contribution is 0.0331. The Morgan fingerprint density at radius 3 is 1.68 bits per heavy atom. The molecule has 0 aromatic carbocycles. The summed E-state index contributed by atoms with van der Waals surface area (Å²) in [6.07, 6.45) is 12.8. The molecule has 0 aromatic heterocycles. The van der Waals surface area contributed by atoms with Crippen LogP contribution in [0.5, 0.6) is 0 Å². The number of hydrogen-bond donors (Lipinski definition) is 2. The average Bonchev–Trinajstić information content (AvgIpc) is 2.43. The Hall–Kier alpha value is -0.0800. The quantitative estimate of drug-likeness (QED) is 0.483. The third-order valence-corrected chi connectivity index (χ3v) is 4.22. The highest BCUT2D eigenvalue weighted by molar-refractivity contribution is 4.70. The topological polar surface area (TPSA) is 40.5 Å². The number of aliphatic hydroxyl groups is 2. The molecule has 0 radical (unpaired) electrons. The first-order chi connectivity index (χ1) is 9.13. The van der Waals surface area contributed by atoms with Crippen LogP contribution >= 0.6 is 0 Å². The van der Waals surface area contributed by atoms with Crippen LogP contribution in [0.25, 0.3) is 0 Å². The molecule has 0 aliphatic rings. The summed E-state index contributed by atoms with van der Waals surface area (Å²) in [7, 11) is 0. The monoisotopic (exact) mass is 272 g/mol. The van der Waals surface area contributed by atoms with E-state index >= 15 is 0 Å². The van der Waals surface area contributed by atoms with E-state index in [1.807, 2.05) is 6.92 Å². The van der Waals surface area contributed by atoms with Crippen LogP contribution in [-0.4, -0.2) is 22.9 Å².